The van der Waals surface area contributed by atoms with E-state index in [4.69, 9.17) is 0 Å². The van der Waals surface area contributed by atoms with E-state index < -0.39 is 15.6 Å². The van der Waals surface area contributed by atoms with Crippen LogP contribution in [0.2, 0.25) is 0 Å². The van der Waals surface area contributed by atoms with Gasteiger partial charge in [0, 0.05) is 6.07 Å². The van der Waals surface area contributed by atoms with Crippen LogP contribution in [0.4, 0.5) is 0 Å². The largest absolute Gasteiger partial charge is 0.508 e. The van der Waals surface area contributed by atoms with Crippen LogP contribution in [0.15, 0.2) is 46.2 Å². The van der Waals surface area contributed by atoms with E-state index >= 15 is 0 Å². The molecule has 0 aliphatic heterocycles. The number of hydrogen-bond acceptors (Lipinski definition) is 4. The van der Waals surface area contributed by atoms with Crippen molar-refractivity contribution in [3.63, 3.8) is 0 Å². The van der Waals surface area contributed by atoms with Gasteiger partial charge in [-0.1, -0.05) is 12.1 Å². The molecule has 2 aromatic rings. The minimum Gasteiger partial charge on any atom is -0.508 e. The summed E-state index contributed by atoms with van der Waals surface area (Å²) in [6.07, 6.45) is 0. The molecule has 0 spiro atoms. The van der Waals surface area contributed by atoms with Crippen molar-refractivity contribution in [1.82, 2.24) is 0 Å². The highest BCUT2D eigenvalue weighted by atomic mass is 32.2. The molecule has 0 heterocycles. The summed E-state index contributed by atoms with van der Waals surface area (Å²) in [5.41, 5.74) is 1.51. The molecule has 2 aromatic carbocycles. The van der Waals surface area contributed by atoms with Gasteiger partial charge in [-0.15, -0.1) is 0 Å². The van der Waals surface area contributed by atoms with Gasteiger partial charge in [-0.3, -0.25) is 0 Å². The first-order valence-corrected chi connectivity index (χ1v) is 7.15. The van der Waals surface area contributed by atoms with Gasteiger partial charge in [-0.2, -0.15) is 0 Å². The highest BCUT2D eigenvalue weighted by Gasteiger charge is 2.23. The van der Waals surface area contributed by atoms with Crippen molar-refractivity contribution < 1.29 is 18.6 Å². The second kappa shape index (κ2) is 4.59. The zero-order valence-electron chi connectivity index (χ0n) is 10.6. The zero-order valence-corrected chi connectivity index (χ0v) is 11.4. The molecule has 0 bridgehead atoms. The Morgan fingerprint density at radius 1 is 0.947 bits per heavy atom. The lowest BCUT2D eigenvalue weighted by Gasteiger charge is -2.11. The van der Waals surface area contributed by atoms with Crippen molar-refractivity contribution in [1.29, 1.82) is 0 Å². The predicted octanol–water partition coefficient (Wildman–Crippen LogP) is 2.55. The van der Waals surface area contributed by atoms with Gasteiger partial charge in [-0.25, -0.2) is 8.42 Å². The van der Waals surface area contributed by atoms with Gasteiger partial charge in [0.1, 0.15) is 16.4 Å². The van der Waals surface area contributed by atoms with Crippen LogP contribution < -0.4 is 0 Å². The van der Waals surface area contributed by atoms with Crippen molar-refractivity contribution in [2.75, 3.05) is 0 Å². The highest BCUT2D eigenvalue weighted by molar-refractivity contribution is 7.91. The van der Waals surface area contributed by atoms with Crippen LogP contribution in [0.5, 0.6) is 11.5 Å². The second-order valence-electron chi connectivity index (χ2n) is 4.35. The molecule has 2 N–H and O–H groups in total. The first kappa shape index (κ1) is 13.4. The summed E-state index contributed by atoms with van der Waals surface area (Å²) in [4.78, 5) is -0.0486. The maximum Gasteiger partial charge on any atom is 0.210 e. The number of phenolic OH excluding ortho intramolecular Hbond substituents is 2. The molecule has 19 heavy (non-hydrogen) atoms. The molecule has 0 atom stereocenters. The predicted molar refractivity (Wildman–Crippen MR) is 71.1 cm³/mol. The lowest BCUT2D eigenvalue weighted by Crippen LogP contribution is -2.05. The number of aromatic hydroxyl groups is 2. The fourth-order valence-corrected chi connectivity index (χ4v) is 3.51. The van der Waals surface area contributed by atoms with E-state index in [-0.39, 0.29) is 15.5 Å². The van der Waals surface area contributed by atoms with Crippen LogP contribution in [0.3, 0.4) is 0 Å². The lowest BCUT2D eigenvalue weighted by molar-refractivity contribution is 0.439. The Hall–Kier alpha value is -2.01. The van der Waals surface area contributed by atoms with Crippen LogP contribution in [0.25, 0.3) is 0 Å². The molecule has 0 amide bonds. The van der Waals surface area contributed by atoms with Gasteiger partial charge >= 0.3 is 0 Å². The number of aryl methyl sites for hydroxylation is 1. The summed E-state index contributed by atoms with van der Waals surface area (Å²) in [5, 5.41) is 18.9. The zero-order chi connectivity index (χ0) is 14.2. The van der Waals surface area contributed by atoms with Crippen molar-refractivity contribution in [3.05, 3.63) is 47.5 Å². The Bertz CT molecular complexity index is 733. The highest BCUT2D eigenvalue weighted by Crippen LogP contribution is 2.33. The summed E-state index contributed by atoms with van der Waals surface area (Å²) in [6, 6.07) is 8.43. The fourth-order valence-electron chi connectivity index (χ4n) is 1.87. The smallest absolute Gasteiger partial charge is 0.210 e. The van der Waals surface area contributed by atoms with Crippen LogP contribution in [-0.4, -0.2) is 18.6 Å². The van der Waals surface area contributed by atoms with E-state index in [1.54, 1.807) is 13.0 Å². The topological polar surface area (TPSA) is 74.6 Å². The summed E-state index contributed by atoms with van der Waals surface area (Å²) in [5.74, 6) is -0.640. The van der Waals surface area contributed by atoms with Gasteiger partial charge < -0.3 is 10.2 Å². The second-order valence-corrected chi connectivity index (χ2v) is 6.24. The molecule has 0 saturated heterocycles. The Labute approximate surface area is 111 Å². The third-order valence-electron chi connectivity index (χ3n) is 3.08. The van der Waals surface area contributed by atoms with Crippen molar-refractivity contribution in [2.45, 2.75) is 23.6 Å². The lowest BCUT2D eigenvalue weighted by atomic mass is 10.1. The maximum absolute atomic E-state index is 12.5. The van der Waals surface area contributed by atoms with E-state index in [0.717, 1.165) is 11.6 Å². The molecule has 2 rings (SSSR count). The van der Waals surface area contributed by atoms with E-state index in [2.05, 4.69) is 0 Å². The molecule has 0 aliphatic carbocycles. The third kappa shape index (κ3) is 2.29. The summed E-state index contributed by atoms with van der Waals surface area (Å²) in [6.45, 7) is 3.55. The van der Waals surface area contributed by atoms with E-state index in [9.17, 15) is 18.6 Å². The molecular formula is C14H14O4S. The maximum atomic E-state index is 12.5. The number of rotatable bonds is 2. The quantitative estimate of drug-likeness (QED) is 0.885. The first-order valence-electron chi connectivity index (χ1n) is 5.67. The average molecular weight is 278 g/mol. The first-order chi connectivity index (χ1) is 8.84. The van der Waals surface area contributed by atoms with Crippen molar-refractivity contribution >= 4 is 9.84 Å². The third-order valence-corrected chi connectivity index (χ3v) is 5.02. The molecule has 4 nitrogen and oxygen atoms in total. The molecular weight excluding hydrogens is 264 g/mol. The van der Waals surface area contributed by atoms with Crippen LogP contribution in [0.1, 0.15) is 11.1 Å². The summed E-state index contributed by atoms with van der Waals surface area (Å²) in [7, 11) is -3.80. The SMILES string of the molecule is Cc1cccc(S(=O)(=O)c2ccc(O)cc2O)c1C. The Balaban J connectivity index is 2.69. The normalized spacial score (nSPS) is 11.5. The van der Waals surface area contributed by atoms with E-state index in [1.165, 1.54) is 18.2 Å². The minimum atomic E-state index is -3.80. The Morgan fingerprint density at radius 3 is 2.26 bits per heavy atom. The van der Waals surface area contributed by atoms with Crippen molar-refractivity contribution in [2.24, 2.45) is 0 Å². The molecule has 0 unspecified atom stereocenters. The van der Waals surface area contributed by atoms with Gasteiger partial charge in [0.05, 0.1) is 4.90 Å². The van der Waals surface area contributed by atoms with Gasteiger partial charge in [0.2, 0.25) is 9.84 Å². The van der Waals surface area contributed by atoms with Crippen molar-refractivity contribution in [3.8, 4) is 11.5 Å². The number of sulfone groups is 1. The molecule has 0 aliphatic rings. The van der Waals surface area contributed by atoms with E-state index in [1.807, 2.05) is 13.0 Å². The molecule has 5 heteroatoms. The molecule has 0 fully saturated rings. The molecule has 100 valence electrons. The number of phenols is 2. The van der Waals surface area contributed by atoms with Gasteiger partial charge in [0.15, 0.2) is 0 Å². The summed E-state index contributed by atoms with van der Waals surface area (Å²) < 4.78 is 25.0. The molecule has 0 radical (unpaired) electrons. The fraction of sp³-hybridized carbons (Fsp3) is 0.143. The van der Waals surface area contributed by atoms with Crippen LogP contribution >= 0.6 is 0 Å². The minimum absolute atomic E-state index is 0.161. The number of benzene rings is 2. The Kier molecular flexibility index (Phi) is 3.24. The van der Waals surface area contributed by atoms with Gasteiger partial charge in [-0.05, 0) is 43.2 Å². The summed E-state index contributed by atoms with van der Waals surface area (Å²) >= 11 is 0. The van der Waals surface area contributed by atoms with E-state index in [0.29, 0.717) is 5.56 Å². The molecule has 0 aromatic heterocycles. The average Bonchev–Trinajstić information content (AvgIpc) is 2.31. The number of hydrogen-bond donors (Lipinski definition) is 2. The van der Waals surface area contributed by atoms with Crippen LogP contribution in [0, 0.1) is 13.8 Å². The van der Waals surface area contributed by atoms with Crippen LogP contribution in [-0.2, 0) is 9.84 Å². The molecule has 0 saturated carbocycles. The van der Waals surface area contributed by atoms with Gasteiger partial charge in [0.25, 0.3) is 0 Å². The standard InChI is InChI=1S/C14H14O4S/c1-9-4-3-5-13(10(9)2)19(17,18)14-7-6-11(15)8-12(14)16/h3-8,15-16H,1-2H3. The monoisotopic (exact) mass is 278 g/mol. The Morgan fingerprint density at radius 2 is 1.63 bits per heavy atom.